The van der Waals surface area contributed by atoms with Gasteiger partial charge in [-0.05, 0) is 52.9 Å². The van der Waals surface area contributed by atoms with Gasteiger partial charge in [-0.3, -0.25) is 4.79 Å². The van der Waals surface area contributed by atoms with E-state index in [1.54, 1.807) is 12.1 Å². The summed E-state index contributed by atoms with van der Waals surface area (Å²) in [4.78, 5) is 23.3. The average molecular weight is 432 g/mol. The van der Waals surface area contributed by atoms with E-state index in [1.165, 1.54) is 19.2 Å². The van der Waals surface area contributed by atoms with Crippen LogP contribution >= 0.6 is 34.2 Å². The number of aromatic carboxylic acids is 1. The second-order valence-corrected chi connectivity index (χ2v) is 5.95. The smallest absolute Gasteiger partial charge is 0.339 e. The molecule has 0 unspecified atom stereocenters. The van der Waals surface area contributed by atoms with Crippen LogP contribution in [0.3, 0.4) is 0 Å². The zero-order chi connectivity index (χ0) is 16.3. The van der Waals surface area contributed by atoms with Crippen LogP contribution in [-0.2, 0) is 0 Å². The Labute approximate surface area is 145 Å². The van der Waals surface area contributed by atoms with Gasteiger partial charge in [-0.15, -0.1) is 0 Å². The van der Waals surface area contributed by atoms with E-state index in [0.717, 1.165) is 3.57 Å². The van der Waals surface area contributed by atoms with Crippen molar-refractivity contribution < 1.29 is 19.4 Å². The highest BCUT2D eigenvalue weighted by Crippen LogP contribution is 2.31. The van der Waals surface area contributed by atoms with Crippen molar-refractivity contribution in [2.45, 2.75) is 0 Å². The van der Waals surface area contributed by atoms with E-state index in [-0.39, 0.29) is 27.9 Å². The van der Waals surface area contributed by atoms with Gasteiger partial charge in [0.15, 0.2) is 0 Å². The molecule has 0 spiro atoms. The number of amides is 1. The third-order valence-corrected chi connectivity index (χ3v) is 3.91. The van der Waals surface area contributed by atoms with Crippen LogP contribution in [0.25, 0.3) is 0 Å². The summed E-state index contributed by atoms with van der Waals surface area (Å²) in [6.07, 6.45) is 0. The van der Waals surface area contributed by atoms with Crippen molar-refractivity contribution in [3.63, 3.8) is 0 Å². The van der Waals surface area contributed by atoms with Gasteiger partial charge >= 0.3 is 5.97 Å². The molecule has 7 heteroatoms. The lowest BCUT2D eigenvalue weighted by Crippen LogP contribution is -2.13. The van der Waals surface area contributed by atoms with Crippen LogP contribution in [0.2, 0.25) is 5.02 Å². The van der Waals surface area contributed by atoms with Gasteiger partial charge in [0.1, 0.15) is 11.3 Å². The van der Waals surface area contributed by atoms with E-state index in [1.807, 2.05) is 12.1 Å². The number of hydrogen-bond acceptors (Lipinski definition) is 3. The summed E-state index contributed by atoms with van der Waals surface area (Å²) in [5.74, 6) is -1.38. The SMILES string of the molecule is COc1cc(NC(=O)c2ccc(I)cc2)c(Cl)cc1C(=O)O. The molecule has 0 atom stereocenters. The molecule has 2 N–H and O–H groups in total. The molecule has 2 aromatic carbocycles. The lowest BCUT2D eigenvalue weighted by molar-refractivity contribution is 0.0693. The first-order chi connectivity index (χ1) is 10.4. The van der Waals surface area contributed by atoms with Gasteiger partial charge in [0.2, 0.25) is 0 Å². The molecule has 0 aliphatic carbocycles. The summed E-state index contributed by atoms with van der Waals surface area (Å²) in [5.41, 5.74) is 0.685. The number of benzene rings is 2. The second-order valence-electron chi connectivity index (χ2n) is 4.30. The maximum Gasteiger partial charge on any atom is 0.339 e. The molecular formula is C15H11ClINO4. The highest BCUT2D eigenvalue weighted by atomic mass is 127. The number of halogens is 2. The Morgan fingerprint density at radius 1 is 1.23 bits per heavy atom. The fraction of sp³-hybridized carbons (Fsp3) is 0.0667. The Morgan fingerprint density at radius 3 is 2.41 bits per heavy atom. The van der Waals surface area contributed by atoms with Gasteiger partial charge in [-0.25, -0.2) is 4.79 Å². The van der Waals surface area contributed by atoms with Crippen molar-refractivity contribution in [2.24, 2.45) is 0 Å². The number of carboxylic acids is 1. The largest absolute Gasteiger partial charge is 0.496 e. The highest BCUT2D eigenvalue weighted by Gasteiger charge is 2.16. The average Bonchev–Trinajstić information content (AvgIpc) is 2.49. The van der Waals surface area contributed by atoms with E-state index < -0.39 is 5.97 Å². The van der Waals surface area contributed by atoms with E-state index in [4.69, 9.17) is 21.4 Å². The number of carbonyl (C=O) groups excluding carboxylic acids is 1. The van der Waals surface area contributed by atoms with Crippen molar-refractivity contribution in [1.82, 2.24) is 0 Å². The van der Waals surface area contributed by atoms with E-state index in [9.17, 15) is 9.59 Å². The Balaban J connectivity index is 2.31. The molecule has 5 nitrogen and oxygen atoms in total. The summed E-state index contributed by atoms with van der Waals surface area (Å²) in [5, 5.41) is 11.8. The first-order valence-electron chi connectivity index (χ1n) is 6.10. The third kappa shape index (κ3) is 3.69. The third-order valence-electron chi connectivity index (χ3n) is 2.87. The number of hydrogen-bond donors (Lipinski definition) is 2. The van der Waals surface area contributed by atoms with Crippen molar-refractivity contribution in [3.8, 4) is 5.75 Å². The molecule has 0 saturated heterocycles. The quantitative estimate of drug-likeness (QED) is 0.720. The fourth-order valence-electron chi connectivity index (χ4n) is 1.78. The molecule has 0 fully saturated rings. The van der Waals surface area contributed by atoms with Crippen LogP contribution < -0.4 is 10.1 Å². The molecule has 0 aliphatic heterocycles. The van der Waals surface area contributed by atoms with Crippen molar-refractivity contribution in [2.75, 3.05) is 12.4 Å². The lowest BCUT2D eigenvalue weighted by Gasteiger charge is -2.11. The van der Waals surface area contributed by atoms with E-state index in [2.05, 4.69) is 27.9 Å². The fourth-order valence-corrected chi connectivity index (χ4v) is 2.35. The van der Waals surface area contributed by atoms with Gasteiger partial charge in [0, 0.05) is 15.2 Å². The molecule has 0 bridgehead atoms. The number of anilines is 1. The standard InChI is InChI=1S/C15H11ClINO4/c1-22-13-7-12(11(16)6-10(13)15(20)21)18-14(19)8-2-4-9(17)5-3-8/h2-7H,1H3,(H,18,19)(H,20,21). The maximum absolute atomic E-state index is 12.2. The molecule has 0 saturated carbocycles. The van der Waals surface area contributed by atoms with Crippen LogP contribution in [0.4, 0.5) is 5.69 Å². The minimum atomic E-state index is -1.16. The van der Waals surface area contributed by atoms with E-state index >= 15 is 0 Å². The van der Waals surface area contributed by atoms with Gasteiger partial charge in [0.25, 0.3) is 5.91 Å². The molecule has 0 radical (unpaired) electrons. The number of ether oxygens (including phenoxy) is 1. The highest BCUT2D eigenvalue weighted by molar-refractivity contribution is 14.1. The summed E-state index contributed by atoms with van der Waals surface area (Å²) < 4.78 is 6.03. The van der Waals surface area contributed by atoms with Crippen molar-refractivity contribution in [1.29, 1.82) is 0 Å². The Hall–Kier alpha value is -1.80. The zero-order valence-electron chi connectivity index (χ0n) is 11.4. The summed E-state index contributed by atoms with van der Waals surface area (Å²) in [6, 6.07) is 9.63. The second kappa shape index (κ2) is 6.97. The van der Waals surface area contributed by atoms with Crippen LogP contribution in [0, 0.1) is 3.57 Å². The predicted molar refractivity (Wildman–Crippen MR) is 92.1 cm³/mol. The molecule has 2 aromatic rings. The molecule has 2 rings (SSSR count). The Kier molecular flexibility index (Phi) is 5.25. The molecule has 0 heterocycles. The number of rotatable bonds is 4. The molecule has 0 aromatic heterocycles. The number of nitrogens with one attached hydrogen (secondary N) is 1. The van der Waals surface area contributed by atoms with Crippen LogP contribution in [0.5, 0.6) is 5.75 Å². The van der Waals surface area contributed by atoms with E-state index in [0.29, 0.717) is 5.56 Å². The summed E-state index contributed by atoms with van der Waals surface area (Å²) in [6.45, 7) is 0. The minimum absolute atomic E-state index is 0.0697. The normalized spacial score (nSPS) is 10.1. The zero-order valence-corrected chi connectivity index (χ0v) is 14.3. The van der Waals surface area contributed by atoms with Gasteiger partial charge in [-0.1, -0.05) is 11.6 Å². The molecular weight excluding hydrogens is 421 g/mol. The molecule has 0 aliphatic rings. The number of methoxy groups -OCH3 is 1. The Bertz CT molecular complexity index is 731. The van der Waals surface area contributed by atoms with Crippen LogP contribution in [-0.4, -0.2) is 24.1 Å². The van der Waals surface area contributed by atoms with Gasteiger partial charge < -0.3 is 15.2 Å². The Morgan fingerprint density at radius 2 is 1.86 bits per heavy atom. The van der Waals surface area contributed by atoms with Crippen LogP contribution in [0.1, 0.15) is 20.7 Å². The minimum Gasteiger partial charge on any atom is -0.496 e. The van der Waals surface area contributed by atoms with Crippen molar-refractivity contribution >= 4 is 51.8 Å². The topological polar surface area (TPSA) is 75.6 Å². The number of carbonyl (C=O) groups is 2. The number of carboxylic acid groups (broad SMARTS) is 1. The molecule has 22 heavy (non-hydrogen) atoms. The van der Waals surface area contributed by atoms with Gasteiger partial charge in [0.05, 0.1) is 17.8 Å². The first-order valence-corrected chi connectivity index (χ1v) is 7.55. The first kappa shape index (κ1) is 16.6. The molecule has 114 valence electrons. The molecule has 1 amide bonds. The predicted octanol–water partition coefficient (Wildman–Crippen LogP) is 3.90. The van der Waals surface area contributed by atoms with Crippen molar-refractivity contribution in [3.05, 3.63) is 56.1 Å². The van der Waals surface area contributed by atoms with Gasteiger partial charge in [-0.2, -0.15) is 0 Å². The van der Waals surface area contributed by atoms with Crippen LogP contribution in [0.15, 0.2) is 36.4 Å². The lowest BCUT2D eigenvalue weighted by atomic mass is 10.1. The monoisotopic (exact) mass is 431 g/mol. The maximum atomic E-state index is 12.2. The summed E-state index contributed by atoms with van der Waals surface area (Å²) >= 11 is 8.17. The summed E-state index contributed by atoms with van der Waals surface area (Å²) in [7, 11) is 1.35.